The largest absolute Gasteiger partial charge is 0.496 e. The Kier molecular flexibility index (Phi) is 7.48. The highest BCUT2D eigenvalue weighted by Crippen LogP contribution is 2.38. The van der Waals surface area contributed by atoms with Gasteiger partial charge in [-0.1, -0.05) is 0 Å². The van der Waals surface area contributed by atoms with Crippen LogP contribution in [0, 0.1) is 0 Å². The van der Waals surface area contributed by atoms with Gasteiger partial charge in [0.2, 0.25) is 6.43 Å². The highest BCUT2D eigenvalue weighted by molar-refractivity contribution is 5.85. The van der Waals surface area contributed by atoms with Crippen LogP contribution in [-0.2, 0) is 0 Å². The summed E-state index contributed by atoms with van der Waals surface area (Å²) in [5, 5.41) is 0. The van der Waals surface area contributed by atoms with Crippen molar-refractivity contribution < 1.29 is 23.0 Å². The van der Waals surface area contributed by atoms with E-state index in [1.807, 2.05) is 0 Å². The molecule has 7 heteroatoms. The zero-order chi connectivity index (χ0) is 13.7. The summed E-state index contributed by atoms with van der Waals surface area (Å²) in [6.45, 7) is 0. The third-order valence-electron chi connectivity index (χ3n) is 2.57. The first-order valence-corrected chi connectivity index (χ1v) is 5.37. The standard InChI is InChI=1S/C12H17F2NO3.ClH/c1-16-9-6-11(18-3)10(17-2)4-7(9)8(15)5-12(13)14;/h4,6,8,12H,5,15H2,1-3H3;1H/t8-;/m1./s1. The van der Waals surface area contributed by atoms with Crippen molar-refractivity contribution in [1.29, 1.82) is 0 Å². The second kappa shape index (κ2) is 8.01. The Bertz CT molecular complexity index is 405. The van der Waals surface area contributed by atoms with Crippen LogP contribution in [0.15, 0.2) is 12.1 Å². The quantitative estimate of drug-likeness (QED) is 0.877. The Morgan fingerprint density at radius 2 is 1.47 bits per heavy atom. The van der Waals surface area contributed by atoms with Crippen LogP contribution < -0.4 is 19.9 Å². The number of hydrogen-bond donors (Lipinski definition) is 1. The number of halogens is 3. The molecular formula is C12H18ClF2NO3. The van der Waals surface area contributed by atoms with Crippen molar-refractivity contribution in [3.63, 3.8) is 0 Å². The number of ether oxygens (including phenoxy) is 3. The molecule has 0 aliphatic rings. The summed E-state index contributed by atoms with van der Waals surface area (Å²) in [4.78, 5) is 0. The number of hydrogen-bond acceptors (Lipinski definition) is 4. The van der Waals surface area contributed by atoms with Crippen LogP contribution in [0.4, 0.5) is 8.78 Å². The third kappa shape index (κ3) is 4.40. The Balaban J connectivity index is 0.00000324. The second-order valence-corrected chi connectivity index (χ2v) is 3.68. The molecule has 1 atom stereocenters. The first kappa shape index (κ1) is 17.7. The predicted octanol–water partition coefficient (Wildman–Crippen LogP) is 2.79. The molecule has 0 fully saturated rings. The molecule has 0 unspecified atom stereocenters. The van der Waals surface area contributed by atoms with Crippen LogP contribution in [-0.4, -0.2) is 27.8 Å². The van der Waals surface area contributed by atoms with Gasteiger partial charge in [-0.05, 0) is 6.07 Å². The van der Waals surface area contributed by atoms with Crippen molar-refractivity contribution in [1.82, 2.24) is 0 Å². The molecule has 19 heavy (non-hydrogen) atoms. The molecule has 0 radical (unpaired) electrons. The Morgan fingerprint density at radius 1 is 1.00 bits per heavy atom. The summed E-state index contributed by atoms with van der Waals surface area (Å²) in [5.74, 6) is 1.29. The van der Waals surface area contributed by atoms with Crippen molar-refractivity contribution in [2.24, 2.45) is 5.73 Å². The smallest absolute Gasteiger partial charge is 0.240 e. The molecule has 0 amide bonds. The van der Waals surface area contributed by atoms with Crippen LogP contribution in [0.3, 0.4) is 0 Å². The van der Waals surface area contributed by atoms with E-state index >= 15 is 0 Å². The molecule has 0 heterocycles. The van der Waals surface area contributed by atoms with Crippen molar-refractivity contribution in [2.75, 3.05) is 21.3 Å². The van der Waals surface area contributed by atoms with Gasteiger partial charge in [-0.25, -0.2) is 8.78 Å². The molecule has 1 aromatic carbocycles. The molecule has 0 aliphatic carbocycles. The number of benzene rings is 1. The fraction of sp³-hybridized carbons (Fsp3) is 0.500. The van der Waals surface area contributed by atoms with Gasteiger partial charge in [0.15, 0.2) is 11.5 Å². The van der Waals surface area contributed by atoms with E-state index in [0.29, 0.717) is 22.8 Å². The summed E-state index contributed by atoms with van der Waals surface area (Å²) in [5.41, 5.74) is 6.20. The van der Waals surface area contributed by atoms with Gasteiger partial charge in [-0.2, -0.15) is 0 Å². The minimum Gasteiger partial charge on any atom is -0.496 e. The van der Waals surface area contributed by atoms with Crippen molar-refractivity contribution in [2.45, 2.75) is 18.9 Å². The van der Waals surface area contributed by atoms with E-state index in [-0.39, 0.29) is 12.4 Å². The molecule has 110 valence electrons. The maximum atomic E-state index is 12.4. The Hall–Kier alpha value is -1.27. The van der Waals surface area contributed by atoms with Crippen LogP contribution in [0.2, 0.25) is 0 Å². The lowest BCUT2D eigenvalue weighted by molar-refractivity contribution is 0.128. The van der Waals surface area contributed by atoms with Crippen molar-refractivity contribution in [3.8, 4) is 17.2 Å². The Morgan fingerprint density at radius 3 is 1.89 bits per heavy atom. The maximum absolute atomic E-state index is 12.4. The molecule has 0 bridgehead atoms. The normalized spacial score (nSPS) is 11.7. The summed E-state index contributed by atoms with van der Waals surface area (Å²) in [7, 11) is 4.39. The fourth-order valence-corrected chi connectivity index (χ4v) is 1.66. The van der Waals surface area contributed by atoms with Gasteiger partial charge >= 0.3 is 0 Å². The average Bonchev–Trinajstić information content (AvgIpc) is 2.36. The molecule has 1 aromatic rings. The molecule has 0 spiro atoms. The van der Waals surface area contributed by atoms with E-state index in [1.165, 1.54) is 21.3 Å². The van der Waals surface area contributed by atoms with E-state index in [9.17, 15) is 8.78 Å². The lowest BCUT2D eigenvalue weighted by Crippen LogP contribution is -2.15. The zero-order valence-corrected chi connectivity index (χ0v) is 11.8. The number of nitrogens with two attached hydrogens (primary N) is 1. The van der Waals surface area contributed by atoms with Gasteiger partial charge in [-0.15, -0.1) is 12.4 Å². The van der Waals surface area contributed by atoms with E-state index in [4.69, 9.17) is 19.9 Å². The minimum absolute atomic E-state index is 0. The van der Waals surface area contributed by atoms with Crippen LogP contribution in [0.25, 0.3) is 0 Å². The van der Waals surface area contributed by atoms with Gasteiger partial charge in [0.25, 0.3) is 0 Å². The van der Waals surface area contributed by atoms with Crippen molar-refractivity contribution in [3.05, 3.63) is 17.7 Å². The molecule has 2 N–H and O–H groups in total. The summed E-state index contributed by atoms with van der Waals surface area (Å²) >= 11 is 0. The third-order valence-corrected chi connectivity index (χ3v) is 2.57. The van der Waals surface area contributed by atoms with Crippen LogP contribution >= 0.6 is 12.4 Å². The summed E-state index contributed by atoms with van der Waals surface area (Å²) in [6, 6.07) is 2.31. The predicted molar refractivity (Wildman–Crippen MR) is 70.9 cm³/mol. The lowest BCUT2D eigenvalue weighted by Gasteiger charge is -2.18. The molecule has 0 saturated carbocycles. The maximum Gasteiger partial charge on any atom is 0.240 e. The Labute approximate surface area is 117 Å². The average molecular weight is 298 g/mol. The minimum atomic E-state index is -2.47. The van der Waals surface area contributed by atoms with Gasteiger partial charge < -0.3 is 19.9 Å². The second-order valence-electron chi connectivity index (χ2n) is 3.68. The first-order chi connectivity index (χ1) is 8.53. The molecular weight excluding hydrogens is 280 g/mol. The lowest BCUT2D eigenvalue weighted by atomic mass is 10.0. The van der Waals surface area contributed by atoms with E-state index in [1.54, 1.807) is 12.1 Å². The number of methoxy groups -OCH3 is 3. The van der Waals surface area contributed by atoms with Gasteiger partial charge in [-0.3, -0.25) is 0 Å². The topological polar surface area (TPSA) is 53.7 Å². The zero-order valence-electron chi connectivity index (χ0n) is 11.0. The number of alkyl halides is 2. The van der Waals surface area contributed by atoms with E-state index < -0.39 is 18.9 Å². The van der Waals surface area contributed by atoms with E-state index in [0.717, 1.165) is 0 Å². The molecule has 1 rings (SSSR count). The summed E-state index contributed by atoms with van der Waals surface area (Å²) < 4.78 is 40.1. The van der Waals surface area contributed by atoms with Crippen LogP contribution in [0.5, 0.6) is 17.2 Å². The molecule has 0 saturated heterocycles. The SMILES string of the molecule is COc1cc(OC)c([C@H](N)CC(F)F)cc1OC.Cl. The molecule has 0 aliphatic heterocycles. The monoisotopic (exact) mass is 297 g/mol. The van der Waals surface area contributed by atoms with Crippen LogP contribution in [0.1, 0.15) is 18.0 Å². The summed E-state index contributed by atoms with van der Waals surface area (Å²) in [6.07, 6.45) is -2.91. The van der Waals surface area contributed by atoms with E-state index in [2.05, 4.69) is 0 Å². The highest BCUT2D eigenvalue weighted by Gasteiger charge is 2.20. The molecule has 4 nitrogen and oxygen atoms in total. The highest BCUT2D eigenvalue weighted by atomic mass is 35.5. The fourth-order valence-electron chi connectivity index (χ4n) is 1.66. The first-order valence-electron chi connectivity index (χ1n) is 5.37. The van der Waals surface area contributed by atoms with Gasteiger partial charge in [0, 0.05) is 24.1 Å². The number of rotatable bonds is 6. The molecule has 0 aromatic heterocycles. The van der Waals surface area contributed by atoms with Gasteiger partial charge in [0.05, 0.1) is 21.3 Å². The van der Waals surface area contributed by atoms with Gasteiger partial charge in [0.1, 0.15) is 5.75 Å². The van der Waals surface area contributed by atoms with Crippen molar-refractivity contribution >= 4 is 12.4 Å².